The number of methoxy groups -OCH3 is 1. The second-order valence-corrected chi connectivity index (χ2v) is 5.87. The van der Waals surface area contributed by atoms with E-state index < -0.39 is 0 Å². The van der Waals surface area contributed by atoms with Gasteiger partial charge in [-0.05, 0) is 31.0 Å². The summed E-state index contributed by atoms with van der Waals surface area (Å²) in [5.41, 5.74) is 1.14. The molecule has 0 radical (unpaired) electrons. The molecule has 1 heterocycles. The zero-order valence-electron chi connectivity index (χ0n) is 13.8. The largest absolute Gasteiger partial charge is 0.492 e. The quantitative estimate of drug-likeness (QED) is 0.685. The van der Waals surface area contributed by atoms with Gasteiger partial charge >= 0.3 is 0 Å². The fourth-order valence-corrected chi connectivity index (χ4v) is 2.80. The van der Waals surface area contributed by atoms with Crippen molar-refractivity contribution in [1.82, 2.24) is 10.2 Å². The van der Waals surface area contributed by atoms with Gasteiger partial charge in [0.1, 0.15) is 12.4 Å². The summed E-state index contributed by atoms with van der Waals surface area (Å²) in [6.45, 7) is 3.89. The molecule has 1 saturated heterocycles. The van der Waals surface area contributed by atoms with Gasteiger partial charge in [0, 0.05) is 19.7 Å². The Labute approximate surface area is 137 Å². The molecule has 1 aromatic carbocycles. The number of likely N-dealkylation sites (tertiary alicyclic amines) is 1. The van der Waals surface area contributed by atoms with Crippen LogP contribution in [0.5, 0.6) is 5.75 Å². The number of nitrogens with one attached hydrogen (secondary N) is 1. The first-order valence-electron chi connectivity index (χ1n) is 7.96. The van der Waals surface area contributed by atoms with Crippen LogP contribution in [0.15, 0.2) is 24.3 Å². The highest BCUT2D eigenvalue weighted by Gasteiger charge is 2.32. The van der Waals surface area contributed by atoms with Crippen molar-refractivity contribution in [2.75, 3.05) is 40.0 Å². The Bertz CT molecular complexity index is 509. The smallest absolute Gasteiger partial charge is 0.234 e. The second-order valence-electron chi connectivity index (χ2n) is 5.87. The molecule has 128 valence electrons. The number of benzene rings is 1. The van der Waals surface area contributed by atoms with Gasteiger partial charge < -0.3 is 19.9 Å². The molecular weight excluding hydrogens is 296 g/mol. The summed E-state index contributed by atoms with van der Waals surface area (Å²) in [7, 11) is 1.66. The van der Waals surface area contributed by atoms with E-state index in [2.05, 4.69) is 5.32 Å². The van der Waals surface area contributed by atoms with Gasteiger partial charge in [-0.1, -0.05) is 12.1 Å². The molecule has 2 atom stereocenters. The summed E-state index contributed by atoms with van der Waals surface area (Å²) in [6, 6.07) is 7.81. The number of aliphatic hydroxyl groups excluding tert-OH is 1. The summed E-state index contributed by atoms with van der Waals surface area (Å²) >= 11 is 0. The SMILES string of the molecule is CO[C@@H]1C[C@@H](CO)N(CC(=O)NCCOc2cccc(C)c2)C1. The average Bonchev–Trinajstić information content (AvgIpc) is 2.93. The average molecular weight is 322 g/mol. The Morgan fingerprint density at radius 2 is 2.30 bits per heavy atom. The van der Waals surface area contributed by atoms with Gasteiger partial charge in [-0.15, -0.1) is 0 Å². The summed E-state index contributed by atoms with van der Waals surface area (Å²) in [5.74, 6) is 0.745. The van der Waals surface area contributed by atoms with Gasteiger partial charge in [0.15, 0.2) is 0 Å². The van der Waals surface area contributed by atoms with E-state index in [1.807, 2.05) is 36.1 Å². The molecule has 0 saturated carbocycles. The minimum absolute atomic E-state index is 0.00533. The van der Waals surface area contributed by atoms with Crippen LogP contribution in [0, 0.1) is 6.92 Å². The van der Waals surface area contributed by atoms with Crippen LogP contribution in [0.4, 0.5) is 0 Å². The lowest BCUT2D eigenvalue weighted by Gasteiger charge is -2.21. The first kappa shape index (κ1) is 17.7. The van der Waals surface area contributed by atoms with Crippen molar-refractivity contribution >= 4 is 5.91 Å². The zero-order chi connectivity index (χ0) is 16.7. The number of carbonyl (C=O) groups excluding carboxylic acids is 1. The minimum atomic E-state index is -0.0620. The molecule has 1 aliphatic rings. The number of carbonyl (C=O) groups is 1. The van der Waals surface area contributed by atoms with Crippen molar-refractivity contribution in [1.29, 1.82) is 0 Å². The Balaban J connectivity index is 1.67. The number of nitrogens with zero attached hydrogens (tertiary/aromatic N) is 1. The van der Waals surface area contributed by atoms with Crippen LogP contribution in [0.25, 0.3) is 0 Å². The maximum absolute atomic E-state index is 12.0. The van der Waals surface area contributed by atoms with Crippen molar-refractivity contribution in [3.8, 4) is 5.75 Å². The van der Waals surface area contributed by atoms with Crippen LogP contribution in [-0.2, 0) is 9.53 Å². The third kappa shape index (κ3) is 5.49. The lowest BCUT2D eigenvalue weighted by molar-refractivity contribution is -0.122. The molecule has 6 heteroatoms. The number of rotatable bonds is 8. The molecule has 0 aliphatic carbocycles. The highest BCUT2D eigenvalue weighted by atomic mass is 16.5. The molecule has 0 spiro atoms. The van der Waals surface area contributed by atoms with Crippen molar-refractivity contribution in [2.24, 2.45) is 0 Å². The lowest BCUT2D eigenvalue weighted by Crippen LogP contribution is -2.42. The van der Waals surface area contributed by atoms with Gasteiger partial charge in [-0.3, -0.25) is 9.69 Å². The third-order valence-corrected chi connectivity index (χ3v) is 4.06. The maximum Gasteiger partial charge on any atom is 0.234 e. The van der Waals surface area contributed by atoms with Gasteiger partial charge in [-0.25, -0.2) is 0 Å². The van der Waals surface area contributed by atoms with Gasteiger partial charge in [0.2, 0.25) is 5.91 Å². The molecule has 0 unspecified atom stereocenters. The number of ether oxygens (including phenoxy) is 2. The molecule has 1 aliphatic heterocycles. The highest BCUT2D eigenvalue weighted by molar-refractivity contribution is 5.78. The topological polar surface area (TPSA) is 71.0 Å². The zero-order valence-corrected chi connectivity index (χ0v) is 13.8. The first-order valence-corrected chi connectivity index (χ1v) is 7.96. The van der Waals surface area contributed by atoms with Crippen molar-refractivity contribution in [2.45, 2.75) is 25.5 Å². The fraction of sp³-hybridized carbons (Fsp3) is 0.588. The van der Waals surface area contributed by atoms with Crippen LogP contribution in [0.1, 0.15) is 12.0 Å². The molecular formula is C17H26N2O4. The van der Waals surface area contributed by atoms with E-state index in [1.54, 1.807) is 7.11 Å². The number of hydrogen-bond donors (Lipinski definition) is 2. The van der Waals surface area contributed by atoms with Gasteiger partial charge in [0.25, 0.3) is 0 Å². The fourth-order valence-electron chi connectivity index (χ4n) is 2.80. The number of hydrogen-bond acceptors (Lipinski definition) is 5. The first-order chi connectivity index (χ1) is 11.1. The molecule has 2 N–H and O–H groups in total. The van der Waals surface area contributed by atoms with Crippen LogP contribution in [0.3, 0.4) is 0 Å². The molecule has 2 rings (SSSR count). The molecule has 1 fully saturated rings. The van der Waals surface area contributed by atoms with Crippen LogP contribution < -0.4 is 10.1 Å². The molecule has 1 aromatic rings. The lowest BCUT2D eigenvalue weighted by atomic mass is 10.2. The standard InChI is InChI=1S/C17H26N2O4/c1-13-4-3-5-15(8-13)23-7-6-18-17(21)11-19-10-16(22-2)9-14(19)12-20/h3-5,8,14,16,20H,6-7,9-12H2,1-2H3,(H,18,21)/t14-,16+/m0/s1. The normalized spacial score (nSPS) is 21.3. The van der Waals surface area contributed by atoms with E-state index in [0.29, 0.717) is 19.7 Å². The van der Waals surface area contributed by atoms with Crippen molar-refractivity contribution in [3.05, 3.63) is 29.8 Å². The number of amides is 1. The van der Waals surface area contributed by atoms with Crippen LogP contribution in [-0.4, -0.2) is 68.0 Å². The minimum Gasteiger partial charge on any atom is -0.492 e. The van der Waals surface area contributed by atoms with Crippen LogP contribution >= 0.6 is 0 Å². The Morgan fingerprint density at radius 1 is 1.48 bits per heavy atom. The summed E-state index contributed by atoms with van der Waals surface area (Å²) in [6.07, 6.45) is 0.848. The van der Waals surface area contributed by atoms with Gasteiger partial charge in [0.05, 0.1) is 25.8 Å². The number of aliphatic hydroxyl groups is 1. The number of aryl methyl sites for hydroxylation is 1. The summed E-state index contributed by atoms with van der Waals surface area (Å²) in [5, 5.41) is 12.2. The van der Waals surface area contributed by atoms with E-state index in [1.165, 1.54) is 0 Å². The Hall–Kier alpha value is -1.63. The molecule has 0 aromatic heterocycles. The predicted molar refractivity (Wildman–Crippen MR) is 87.5 cm³/mol. The van der Waals surface area contributed by atoms with Crippen molar-refractivity contribution in [3.63, 3.8) is 0 Å². The van der Waals surface area contributed by atoms with E-state index in [-0.39, 0.29) is 31.2 Å². The predicted octanol–water partition coefficient (Wildman–Crippen LogP) is 0.572. The third-order valence-electron chi connectivity index (χ3n) is 4.06. The summed E-state index contributed by atoms with van der Waals surface area (Å²) in [4.78, 5) is 14.0. The summed E-state index contributed by atoms with van der Waals surface area (Å²) < 4.78 is 10.9. The van der Waals surface area contributed by atoms with Crippen molar-refractivity contribution < 1.29 is 19.4 Å². The monoisotopic (exact) mass is 322 g/mol. The van der Waals surface area contributed by atoms with E-state index in [0.717, 1.165) is 17.7 Å². The second kappa shape index (κ2) is 8.86. The highest BCUT2D eigenvalue weighted by Crippen LogP contribution is 2.19. The maximum atomic E-state index is 12.0. The van der Waals surface area contributed by atoms with E-state index in [9.17, 15) is 9.90 Å². The van der Waals surface area contributed by atoms with Crippen LogP contribution in [0.2, 0.25) is 0 Å². The Kier molecular flexibility index (Phi) is 6.83. The van der Waals surface area contributed by atoms with Gasteiger partial charge in [-0.2, -0.15) is 0 Å². The molecule has 1 amide bonds. The Morgan fingerprint density at radius 3 is 3.00 bits per heavy atom. The van der Waals surface area contributed by atoms with E-state index in [4.69, 9.17) is 9.47 Å². The van der Waals surface area contributed by atoms with E-state index >= 15 is 0 Å². The molecule has 0 bridgehead atoms. The molecule has 23 heavy (non-hydrogen) atoms. The molecule has 6 nitrogen and oxygen atoms in total.